The van der Waals surface area contributed by atoms with Crippen LogP contribution in [0.2, 0.25) is 0 Å². The number of benzene rings is 1. The predicted molar refractivity (Wildman–Crippen MR) is 109 cm³/mol. The van der Waals surface area contributed by atoms with E-state index in [9.17, 15) is 21.6 Å². The first kappa shape index (κ1) is 22.1. The van der Waals surface area contributed by atoms with Crippen molar-refractivity contribution < 1.29 is 21.6 Å². The van der Waals surface area contributed by atoms with E-state index in [2.05, 4.69) is 11.6 Å². The molecule has 0 unspecified atom stereocenters. The van der Waals surface area contributed by atoms with Gasteiger partial charge < -0.3 is 5.73 Å². The molecule has 0 atom stereocenters. The number of carbonyl (C=O) groups is 1. The molecule has 0 bridgehead atoms. The average Bonchev–Trinajstić information content (AvgIpc) is 2.68. The first-order chi connectivity index (χ1) is 13.2. The molecule has 0 aliphatic heterocycles. The summed E-state index contributed by atoms with van der Waals surface area (Å²) < 4.78 is 49.5. The topological polar surface area (TPSA) is 127 Å². The molecule has 8 nitrogen and oxygen atoms in total. The Balaban J connectivity index is 2.40. The average molecular weight is 428 g/mol. The lowest BCUT2D eigenvalue weighted by atomic mass is 9.84. The minimum absolute atomic E-state index is 0.00328. The van der Waals surface area contributed by atoms with Gasteiger partial charge in [0.25, 0.3) is 14.8 Å². The Hall–Kier alpha value is -2.20. The molecule has 1 amide bonds. The molecule has 1 saturated carbocycles. The largest absolute Gasteiger partial charge is 0.369 e. The van der Waals surface area contributed by atoms with Crippen molar-refractivity contribution in [1.29, 1.82) is 0 Å². The fraction of sp³-hybridized carbons (Fsp3) is 0.444. The third-order valence-electron chi connectivity index (χ3n) is 4.72. The number of amides is 1. The van der Waals surface area contributed by atoms with Crippen molar-refractivity contribution in [3.8, 4) is 0 Å². The van der Waals surface area contributed by atoms with E-state index in [1.54, 1.807) is 12.1 Å². The molecule has 0 heterocycles. The quantitative estimate of drug-likeness (QED) is 0.320. The van der Waals surface area contributed by atoms with Crippen LogP contribution in [0.15, 0.2) is 41.9 Å². The predicted octanol–water partition coefficient (Wildman–Crippen LogP) is 1.97. The van der Waals surface area contributed by atoms with Gasteiger partial charge in [0.2, 0.25) is 5.96 Å². The van der Waals surface area contributed by atoms with Gasteiger partial charge >= 0.3 is 9.06 Å². The second kappa shape index (κ2) is 8.87. The number of hydrogen-bond donors (Lipinski definition) is 1. The fourth-order valence-electron chi connectivity index (χ4n) is 3.21. The third-order valence-corrected chi connectivity index (χ3v) is 9.59. The Kier molecular flexibility index (Phi) is 7.00. The summed E-state index contributed by atoms with van der Waals surface area (Å²) in [5.74, 6) is -2.25. The SMILES string of the molecule is C=CCS(=O)(=O)S(=O)(=O)N(C(=O)c1ccc(C2CCCCC2)cc1)C(N)=NC. The second-order valence-corrected chi connectivity index (χ2v) is 12.0. The van der Waals surface area contributed by atoms with Crippen LogP contribution in [0.25, 0.3) is 0 Å². The normalized spacial score (nSPS) is 16.5. The monoisotopic (exact) mass is 427 g/mol. The second-order valence-electron chi connectivity index (χ2n) is 6.58. The fourth-order valence-corrected chi connectivity index (χ4v) is 6.43. The summed E-state index contributed by atoms with van der Waals surface area (Å²) >= 11 is 0. The van der Waals surface area contributed by atoms with E-state index in [1.165, 1.54) is 18.6 Å². The van der Waals surface area contributed by atoms with Crippen LogP contribution in [0.1, 0.15) is 53.9 Å². The lowest BCUT2D eigenvalue weighted by Gasteiger charge is -2.23. The summed E-state index contributed by atoms with van der Waals surface area (Å²) in [5.41, 5.74) is 6.64. The Morgan fingerprint density at radius 3 is 2.25 bits per heavy atom. The van der Waals surface area contributed by atoms with Gasteiger partial charge in [-0.1, -0.05) is 37.5 Å². The molecular formula is C18H25N3O5S2. The van der Waals surface area contributed by atoms with Crippen molar-refractivity contribution in [2.75, 3.05) is 12.8 Å². The molecule has 1 aliphatic carbocycles. The van der Waals surface area contributed by atoms with Gasteiger partial charge in [-0.25, -0.2) is 8.42 Å². The van der Waals surface area contributed by atoms with Gasteiger partial charge in [0, 0.05) is 12.6 Å². The highest BCUT2D eigenvalue weighted by Crippen LogP contribution is 2.32. The summed E-state index contributed by atoms with van der Waals surface area (Å²) in [6, 6.07) is 6.51. The number of guanidine groups is 1. The van der Waals surface area contributed by atoms with E-state index < -0.39 is 35.5 Å². The Bertz CT molecular complexity index is 961. The van der Waals surface area contributed by atoms with Crippen molar-refractivity contribution in [1.82, 2.24) is 4.31 Å². The zero-order chi connectivity index (χ0) is 20.9. The van der Waals surface area contributed by atoms with Crippen LogP contribution in [-0.4, -0.2) is 45.8 Å². The minimum atomic E-state index is -5.12. The third kappa shape index (κ3) is 4.44. The van der Waals surface area contributed by atoms with Crippen molar-refractivity contribution in [2.45, 2.75) is 38.0 Å². The molecule has 1 aromatic carbocycles. The van der Waals surface area contributed by atoms with Gasteiger partial charge in [-0.15, -0.1) is 6.58 Å². The highest BCUT2D eigenvalue weighted by molar-refractivity contribution is 8.66. The van der Waals surface area contributed by atoms with E-state index in [4.69, 9.17) is 5.73 Å². The molecule has 0 radical (unpaired) electrons. The number of hydrogen-bond acceptors (Lipinski definition) is 6. The summed E-state index contributed by atoms with van der Waals surface area (Å²) in [5, 5.41) is 0. The van der Waals surface area contributed by atoms with Crippen molar-refractivity contribution in [3.05, 3.63) is 48.0 Å². The zero-order valence-electron chi connectivity index (χ0n) is 15.7. The van der Waals surface area contributed by atoms with Crippen LogP contribution in [0.5, 0.6) is 0 Å². The number of rotatable bonds is 6. The molecule has 28 heavy (non-hydrogen) atoms. The Labute approximate surface area is 165 Å². The Morgan fingerprint density at radius 2 is 1.75 bits per heavy atom. The molecule has 10 heteroatoms. The van der Waals surface area contributed by atoms with Crippen LogP contribution in [-0.2, 0) is 17.9 Å². The van der Waals surface area contributed by atoms with Crippen LogP contribution in [0, 0.1) is 0 Å². The molecule has 0 saturated heterocycles. The minimum Gasteiger partial charge on any atom is -0.369 e. The number of carbonyl (C=O) groups excluding carboxylic acids is 1. The van der Waals surface area contributed by atoms with Gasteiger partial charge in [-0.3, -0.25) is 9.79 Å². The van der Waals surface area contributed by atoms with Crippen LogP contribution in [0.3, 0.4) is 0 Å². The van der Waals surface area contributed by atoms with Crippen LogP contribution < -0.4 is 5.73 Å². The van der Waals surface area contributed by atoms with Crippen LogP contribution in [0.4, 0.5) is 0 Å². The van der Waals surface area contributed by atoms with Crippen molar-refractivity contribution in [2.24, 2.45) is 10.7 Å². The molecule has 0 spiro atoms. The van der Waals surface area contributed by atoms with E-state index in [-0.39, 0.29) is 9.87 Å². The van der Waals surface area contributed by atoms with E-state index in [0.717, 1.165) is 44.4 Å². The molecule has 1 fully saturated rings. The lowest BCUT2D eigenvalue weighted by molar-refractivity contribution is 0.0913. The highest BCUT2D eigenvalue weighted by atomic mass is 33.2. The summed E-state index contributed by atoms with van der Waals surface area (Å²) in [6.07, 6.45) is 6.60. The maximum atomic E-state index is 12.8. The summed E-state index contributed by atoms with van der Waals surface area (Å²) in [7, 11) is -8.70. The maximum absolute atomic E-state index is 12.8. The first-order valence-electron chi connectivity index (χ1n) is 8.91. The van der Waals surface area contributed by atoms with E-state index in [0.29, 0.717) is 5.92 Å². The lowest BCUT2D eigenvalue weighted by Crippen LogP contribution is -2.48. The number of aliphatic imine (C=N–C) groups is 1. The summed E-state index contributed by atoms with van der Waals surface area (Å²) in [6.45, 7) is 3.23. The molecule has 2 rings (SSSR count). The highest BCUT2D eigenvalue weighted by Gasteiger charge is 2.41. The Morgan fingerprint density at radius 1 is 1.18 bits per heavy atom. The molecular weight excluding hydrogens is 402 g/mol. The number of nitrogens with zero attached hydrogens (tertiary/aromatic N) is 2. The molecule has 1 aliphatic rings. The molecule has 154 valence electrons. The smallest absolute Gasteiger partial charge is 0.351 e. The number of nitrogens with two attached hydrogens (primary N) is 1. The van der Waals surface area contributed by atoms with Gasteiger partial charge in [-0.05, 0) is 36.5 Å². The van der Waals surface area contributed by atoms with E-state index >= 15 is 0 Å². The first-order valence-corrected chi connectivity index (χ1v) is 12.5. The molecule has 1 aromatic rings. The van der Waals surface area contributed by atoms with Crippen LogP contribution >= 0.6 is 0 Å². The van der Waals surface area contributed by atoms with Gasteiger partial charge in [0.1, 0.15) is 0 Å². The van der Waals surface area contributed by atoms with Gasteiger partial charge in [0.05, 0.1) is 5.75 Å². The van der Waals surface area contributed by atoms with Crippen molar-refractivity contribution in [3.63, 3.8) is 0 Å². The zero-order valence-corrected chi connectivity index (χ0v) is 17.4. The van der Waals surface area contributed by atoms with Crippen molar-refractivity contribution >= 4 is 29.8 Å². The summed E-state index contributed by atoms with van der Waals surface area (Å²) in [4.78, 5) is 16.3. The molecule has 0 aromatic heterocycles. The molecule has 2 N–H and O–H groups in total. The maximum Gasteiger partial charge on any atom is 0.351 e. The van der Waals surface area contributed by atoms with E-state index in [1.807, 2.05) is 0 Å². The van der Waals surface area contributed by atoms with Gasteiger partial charge in [0.15, 0.2) is 0 Å². The standard InChI is InChI=1S/C18H25N3O5S2/c1-3-13-27(23,24)28(25,26)21(18(19)20-2)17(22)16-11-9-15(10-12-16)14-7-5-4-6-8-14/h3,9-12,14H,1,4-8,13H2,2H3,(H2,19,20). The van der Waals surface area contributed by atoms with Gasteiger partial charge in [-0.2, -0.15) is 12.7 Å².